The molecule has 84 valence electrons. The van der Waals surface area contributed by atoms with E-state index in [2.05, 4.69) is 13.8 Å². The summed E-state index contributed by atoms with van der Waals surface area (Å²) in [5.41, 5.74) is -0.221. The predicted molar refractivity (Wildman–Crippen MR) is 58.3 cm³/mol. The number of rotatable bonds is 7. The molecule has 0 aromatic heterocycles. The second-order valence-corrected chi connectivity index (χ2v) is 4.56. The first-order valence-corrected chi connectivity index (χ1v) is 6.01. The molecule has 1 rings (SSSR count). The van der Waals surface area contributed by atoms with Gasteiger partial charge in [0.2, 0.25) is 0 Å². The Kier molecular flexibility index (Phi) is 4.39. The van der Waals surface area contributed by atoms with Crippen molar-refractivity contribution in [2.75, 3.05) is 0 Å². The third-order valence-corrected chi connectivity index (χ3v) is 3.34. The first-order chi connectivity index (χ1) is 6.65. The molecule has 1 aliphatic heterocycles. The minimum absolute atomic E-state index is 0.221. The predicted octanol–water partition coefficient (Wildman–Crippen LogP) is 2.89. The number of hydrogen-bond donors (Lipinski definition) is 1. The molecular formula is C12H24O2. The van der Waals surface area contributed by atoms with Gasteiger partial charge in [0.15, 0.2) is 0 Å². The summed E-state index contributed by atoms with van der Waals surface area (Å²) in [6.45, 7) is 6.35. The van der Waals surface area contributed by atoms with E-state index in [-0.39, 0.29) is 11.7 Å². The van der Waals surface area contributed by atoms with Gasteiger partial charge in [-0.2, -0.15) is 0 Å². The normalized spacial score (nSPS) is 33.0. The Morgan fingerprint density at radius 3 is 2.50 bits per heavy atom. The van der Waals surface area contributed by atoms with E-state index in [1.165, 1.54) is 19.3 Å². The maximum absolute atomic E-state index is 9.92. The summed E-state index contributed by atoms with van der Waals surface area (Å²) < 4.78 is 5.52. The fourth-order valence-corrected chi connectivity index (χ4v) is 2.11. The van der Waals surface area contributed by atoms with Crippen LogP contribution in [0, 0.1) is 0 Å². The molecule has 0 saturated carbocycles. The van der Waals surface area contributed by atoms with Gasteiger partial charge in [0.25, 0.3) is 0 Å². The van der Waals surface area contributed by atoms with E-state index in [1.54, 1.807) is 0 Å². The first-order valence-electron chi connectivity index (χ1n) is 6.01. The van der Waals surface area contributed by atoms with Crippen molar-refractivity contribution in [1.29, 1.82) is 0 Å². The second kappa shape index (κ2) is 5.13. The van der Waals surface area contributed by atoms with Crippen molar-refractivity contribution in [3.8, 4) is 0 Å². The van der Waals surface area contributed by atoms with Crippen molar-refractivity contribution in [3.05, 3.63) is 0 Å². The molecule has 1 fully saturated rings. The lowest BCUT2D eigenvalue weighted by atomic mass is 9.94. The fourth-order valence-electron chi connectivity index (χ4n) is 2.11. The molecule has 0 aromatic carbocycles. The van der Waals surface area contributed by atoms with Crippen molar-refractivity contribution in [2.45, 2.75) is 77.1 Å². The highest BCUT2D eigenvalue weighted by Crippen LogP contribution is 2.42. The summed E-state index contributed by atoms with van der Waals surface area (Å²) >= 11 is 0. The summed E-state index contributed by atoms with van der Waals surface area (Å²) in [5.74, 6) is 0. The average Bonchev–Trinajstić information content (AvgIpc) is 2.86. The lowest BCUT2D eigenvalue weighted by Crippen LogP contribution is -2.28. The zero-order chi connectivity index (χ0) is 10.6. The summed E-state index contributed by atoms with van der Waals surface area (Å²) in [4.78, 5) is 0. The van der Waals surface area contributed by atoms with Gasteiger partial charge in [0, 0.05) is 0 Å². The molecule has 1 heterocycles. The van der Waals surface area contributed by atoms with Crippen molar-refractivity contribution in [3.63, 3.8) is 0 Å². The van der Waals surface area contributed by atoms with Crippen LogP contribution < -0.4 is 0 Å². The SMILES string of the molecule is CCCCCCC(O)[C@]1(C)O[C@@H]1CC. The Hall–Kier alpha value is -0.0800. The highest BCUT2D eigenvalue weighted by atomic mass is 16.6. The molecule has 14 heavy (non-hydrogen) atoms. The van der Waals surface area contributed by atoms with Crippen LogP contribution in [0.4, 0.5) is 0 Å². The quantitative estimate of drug-likeness (QED) is 0.506. The average molecular weight is 200 g/mol. The van der Waals surface area contributed by atoms with Crippen LogP contribution in [-0.4, -0.2) is 22.9 Å². The van der Waals surface area contributed by atoms with Crippen molar-refractivity contribution >= 4 is 0 Å². The number of epoxide rings is 1. The van der Waals surface area contributed by atoms with Crippen molar-refractivity contribution in [2.24, 2.45) is 0 Å². The van der Waals surface area contributed by atoms with E-state index in [4.69, 9.17) is 4.74 Å². The molecule has 0 bridgehead atoms. The Balaban J connectivity index is 2.13. The second-order valence-electron chi connectivity index (χ2n) is 4.56. The number of aliphatic hydroxyl groups excluding tert-OH is 1. The minimum atomic E-state index is -0.260. The van der Waals surface area contributed by atoms with Crippen molar-refractivity contribution in [1.82, 2.24) is 0 Å². The maximum Gasteiger partial charge on any atom is 0.118 e. The topological polar surface area (TPSA) is 32.8 Å². The largest absolute Gasteiger partial charge is 0.390 e. The van der Waals surface area contributed by atoms with Gasteiger partial charge in [0.1, 0.15) is 5.60 Å². The maximum atomic E-state index is 9.92. The van der Waals surface area contributed by atoms with Crippen LogP contribution >= 0.6 is 0 Å². The van der Waals surface area contributed by atoms with Crippen LogP contribution in [-0.2, 0) is 4.74 Å². The summed E-state index contributed by atoms with van der Waals surface area (Å²) in [7, 11) is 0. The number of ether oxygens (including phenoxy) is 1. The summed E-state index contributed by atoms with van der Waals surface area (Å²) in [6, 6.07) is 0. The molecule has 0 radical (unpaired) electrons. The molecule has 1 unspecified atom stereocenters. The standard InChI is InChI=1S/C12H24O2/c1-4-6-7-8-9-10(13)12(3)11(5-2)14-12/h10-11,13H,4-9H2,1-3H3/t10?,11-,12+/m1/s1. The van der Waals surface area contributed by atoms with Crippen LogP contribution in [0.25, 0.3) is 0 Å². The molecule has 0 amide bonds. The van der Waals surface area contributed by atoms with Crippen LogP contribution in [0.2, 0.25) is 0 Å². The number of unbranched alkanes of at least 4 members (excludes halogenated alkanes) is 3. The zero-order valence-corrected chi connectivity index (χ0v) is 9.75. The van der Waals surface area contributed by atoms with E-state index in [9.17, 15) is 5.11 Å². The van der Waals surface area contributed by atoms with Crippen LogP contribution in [0.15, 0.2) is 0 Å². The first kappa shape index (κ1) is 12.0. The molecule has 0 spiro atoms. The number of hydrogen-bond acceptors (Lipinski definition) is 2. The van der Waals surface area contributed by atoms with Gasteiger partial charge in [-0.25, -0.2) is 0 Å². The molecule has 1 N–H and O–H groups in total. The smallest absolute Gasteiger partial charge is 0.118 e. The molecule has 0 aromatic rings. The van der Waals surface area contributed by atoms with Gasteiger partial charge in [-0.1, -0.05) is 39.5 Å². The van der Waals surface area contributed by atoms with Gasteiger partial charge in [-0.05, 0) is 19.8 Å². The molecule has 1 aliphatic rings. The molecule has 2 heteroatoms. The minimum Gasteiger partial charge on any atom is -0.390 e. The van der Waals surface area contributed by atoms with Crippen LogP contribution in [0.3, 0.4) is 0 Å². The van der Waals surface area contributed by atoms with Gasteiger partial charge >= 0.3 is 0 Å². The molecule has 0 aliphatic carbocycles. The van der Waals surface area contributed by atoms with Gasteiger partial charge in [0.05, 0.1) is 12.2 Å². The summed E-state index contributed by atoms with van der Waals surface area (Å²) in [5, 5.41) is 9.92. The zero-order valence-electron chi connectivity index (χ0n) is 9.75. The van der Waals surface area contributed by atoms with Gasteiger partial charge in [-0.15, -0.1) is 0 Å². The molecular weight excluding hydrogens is 176 g/mol. The van der Waals surface area contributed by atoms with E-state index in [0.29, 0.717) is 6.10 Å². The van der Waals surface area contributed by atoms with Crippen LogP contribution in [0.5, 0.6) is 0 Å². The lowest BCUT2D eigenvalue weighted by Gasteiger charge is -2.15. The third kappa shape index (κ3) is 2.71. The summed E-state index contributed by atoms with van der Waals surface area (Å²) in [6.07, 6.45) is 6.84. The highest BCUT2D eigenvalue weighted by molar-refractivity contribution is 5.03. The van der Waals surface area contributed by atoms with E-state index in [1.807, 2.05) is 6.92 Å². The molecule has 3 atom stereocenters. The Morgan fingerprint density at radius 2 is 2.00 bits per heavy atom. The van der Waals surface area contributed by atoms with E-state index in [0.717, 1.165) is 19.3 Å². The van der Waals surface area contributed by atoms with E-state index < -0.39 is 0 Å². The Morgan fingerprint density at radius 1 is 1.29 bits per heavy atom. The van der Waals surface area contributed by atoms with E-state index >= 15 is 0 Å². The third-order valence-electron chi connectivity index (χ3n) is 3.34. The monoisotopic (exact) mass is 200 g/mol. The molecule has 2 nitrogen and oxygen atoms in total. The fraction of sp³-hybridized carbons (Fsp3) is 1.00. The lowest BCUT2D eigenvalue weighted by molar-refractivity contribution is 0.0751. The Labute approximate surface area is 87.7 Å². The van der Waals surface area contributed by atoms with Gasteiger partial charge < -0.3 is 9.84 Å². The van der Waals surface area contributed by atoms with Gasteiger partial charge in [-0.3, -0.25) is 0 Å². The van der Waals surface area contributed by atoms with Crippen LogP contribution in [0.1, 0.15) is 59.3 Å². The molecule has 1 saturated heterocycles. The highest BCUT2D eigenvalue weighted by Gasteiger charge is 2.55. The number of aliphatic hydroxyl groups is 1. The Bertz CT molecular complexity index is 170. The van der Waals surface area contributed by atoms with Crippen molar-refractivity contribution < 1.29 is 9.84 Å².